The van der Waals surface area contributed by atoms with E-state index in [9.17, 15) is 9.59 Å². The van der Waals surface area contributed by atoms with Crippen molar-refractivity contribution in [3.05, 3.63) is 46.8 Å². The first-order valence-electron chi connectivity index (χ1n) is 10.6. The maximum atomic E-state index is 13.7. The van der Waals surface area contributed by atoms with Crippen molar-refractivity contribution in [1.29, 1.82) is 0 Å². The van der Waals surface area contributed by atoms with Crippen LogP contribution in [0.25, 0.3) is 0 Å². The molecule has 1 N–H and O–H groups in total. The lowest BCUT2D eigenvalue weighted by Gasteiger charge is -2.34. The summed E-state index contributed by atoms with van der Waals surface area (Å²) in [4.78, 5) is 28.9. The number of carbonyl (C=O) groups is 2. The number of para-hydroxylation sites is 1. The Balaban J connectivity index is 1.77. The van der Waals surface area contributed by atoms with Gasteiger partial charge in [-0.05, 0) is 52.2 Å². The van der Waals surface area contributed by atoms with Crippen LogP contribution in [0.15, 0.2) is 24.3 Å². The van der Waals surface area contributed by atoms with Crippen LogP contribution in [0.5, 0.6) is 0 Å². The zero-order chi connectivity index (χ0) is 20.9. The number of fused-ring (bicyclic) bond motifs is 2. The van der Waals surface area contributed by atoms with Gasteiger partial charge in [-0.15, -0.1) is 0 Å². The normalized spacial score (nSPS) is 23.2. The standard InChI is InChI=1S/C23H30N4O2/c1-6-9-19-23(17-10-7-8-11-18(17)24-22(23)29)12-13-26(19)21(28)20-15(4)25-27(14(2)3)16(20)5/h7-8,10-11,14,19H,6,9,12-13H2,1-5H3,(H,24,29)/t19-,23+/m0/s1. The summed E-state index contributed by atoms with van der Waals surface area (Å²) in [7, 11) is 0. The maximum Gasteiger partial charge on any atom is 0.257 e. The molecule has 1 spiro atoms. The lowest BCUT2D eigenvalue weighted by Crippen LogP contribution is -2.48. The number of benzene rings is 1. The molecule has 2 aliphatic rings. The molecule has 2 aromatic rings. The Bertz CT molecular complexity index is 977. The Morgan fingerprint density at radius 1 is 1.31 bits per heavy atom. The number of carbonyl (C=O) groups excluding carboxylic acids is 2. The monoisotopic (exact) mass is 394 g/mol. The van der Waals surface area contributed by atoms with Gasteiger partial charge in [0, 0.05) is 24.0 Å². The van der Waals surface area contributed by atoms with Crippen molar-refractivity contribution in [3.8, 4) is 0 Å². The molecule has 1 saturated heterocycles. The third kappa shape index (κ3) is 2.72. The quantitative estimate of drug-likeness (QED) is 0.853. The van der Waals surface area contributed by atoms with Crippen LogP contribution >= 0.6 is 0 Å². The van der Waals surface area contributed by atoms with E-state index in [-0.39, 0.29) is 23.9 Å². The molecular formula is C23H30N4O2. The lowest BCUT2D eigenvalue weighted by atomic mass is 9.73. The number of aromatic nitrogens is 2. The number of hydrogen-bond acceptors (Lipinski definition) is 3. The maximum absolute atomic E-state index is 13.7. The van der Waals surface area contributed by atoms with Gasteiger partial charge in [-0.2, -0.15) is 5.10 Å². The van der Waals surface area contributed by atoms with Gasteiger partial charge in [-0.25, -0.2) is 0 Å². The van der Waals surface area contributed by atoms with Crippen LogP contribution in [0.1, 0.15) is 73.4 Å². The highest BCUT2D eigenvalue weighted by Crippen LogP contribution is 2.49. The van der Waals surface area contributed by atoms with Gasteiger partial charge in [0.05, 0.1) is 22.7 Å². The topological polar surface area (TPSA) is 67.2 Å². The number of amides is 2. The Morgan fingerprint density at radius 3 is 2.69 bits per heavy atom. The van der Waals surface area contributed by atoms with Crippen LogP contribution in [-0.4, -0.2) is 39.1 Å². The molecule has 3 heterocycles. The van der Waals surface area contributed by atoms with Crippen LogP contribution in [0, 0.1) is 13.8 Å². The van der Waals surface area contributed by atoms with Crippen LogP contribution in [0.3, 0.4) is 0 Å². The number of nitrogens with one attached hydrogen (secondary N) is 1. The molecule has 6 heteroatoms. The largest absolute Gasteiger partial charge is 0.334 e. The average molecular weight is 395 g/mol. The SMILES string of the molecule is CCC[C@@H]1N(C(=O)c2c(C)nn(C(C)C)c2C)CC[C@]12C(=O)Nc1ccccc12. The van der Waals surface area contributed by atoms with Crippen molar-refractivity contribution in [2.24, 2.45) is 0 Å². The van der Waals surface area contributed by atoms with E-state index in [1.807, 2.05) is 47.7 Å². The molecule has 1 fully saturated rings. The van der Waals surface area contributed by atoms with Gasteiger partial charge in [0.25, 0.3) is 5.91 Å². The molecular weight excluding hydrogens is 364 g/mol. The molecule has 154 valence electrons. The zero-order valence-corrected chi connectivity index (χ0v) is 18.0. The summed E-state index contributed by atoms with van der Waals surface area (Å²) >= 11 is 0. The molecule has 1 aromatic heterocycles. The predicted molar refractivity (Wildman–Crippen MR) is 113 cm³/mol. The van der Waals surface area contributed by atoms with Crippen molar-refractivity contribution in [3.63, 3.8) is 0 Å². The fourth-order valence-electron chi connectivity index (χ4n) is 5.34. The van der Waals surface area contributed by atoms with Crippen molar-refractivity contribution in [2.45, 2.75) is 71.4 Å². The van der Waals surface area contributed by atoms with E-state index in [4.69, 9.17) is 0 Å². The second kappa shape index (κ2) is 7.01. The number of likely N-dealkylation sites (tertiary alicyclic amines) is 1. The minimum absolute atomic E-state index is 0.000550. The molecule has 2 amide bonds. The fourth-order valence-corrected chi connectivity index (χ4v) is 5.34. The first-order valence-corrected chi connectivity index (χ1v) is 10.6. The third-order valence-corrected chi connectivity index (χ3v) is 6.60. The molecule has 0 aliphatic carbocycles. The molecule has 1 aromatic carbocycles. The Hall–Kier alpha value is -2.63. The Labute approximate surface area is 172 Å². The van der Waals surface area contributed by atoms with E-state index in [1.54, 1.807) is 0 Å². The minimum Gasteiger partial charge on any atom is -0.334 e. The van der Waals surface area contributed by atoms with Crippen LogP contribution in [0.2, 0.25) is 0 Å². The molecule has 2 aliphatic heterocycles. The second-order valence-corrected chi connectivity index (χ2v) is 8.61. The van der Waals surface area contributed by atoms with E-state index in [1.165, 1.54) is 0 Å². The summed E-state index contributed by atoms with van der Waals surface area (Å²) in [6, 6.07) is 7.96. The summed E-state index contributed by atoms with van der Waals surface area (Å²) in [5, 5.41) is 7.67. The van der Waals surface area contributed by atoms with E-state index < -0.39 is 5.41 Å². The number of aryl methyl sites for hydroxylation is 1. The number of hydrogen-bond donors (Lipinski definition) is 1. The smallest absolute Gasteiger partial charge is 0.257 e. The van der Waals surface area contributed by atoms with Crippen molar-refractivity contribution in [1.82, 2.24) is 14.7 Å². The van der Waals surface area contributed by atoms with Crippen LogP contribution in [-0.2, 0) is 10.2 Å². The number of rotatable bonds is 4. The number of nitrogens with zero attached hydrogens (tertiary/aromatic N) is 3. The van der Waals surface area contributed by atoms with E-state index in [0.717, 1.165) is 35.5 Å². The van der Waals surface area contributed by atoms with Gasteiger partial charge in [-0.3, -0.25) is 14.3 Å². The van der Waals surface area contributed by atoms with Crippen molar-refractivity contribution >= 4 is 17.5 Å². The molecule has 0 unspecified atom stereocenters. The molecule has 0 radical (unpaired) electrons. The highest BCUT2D eigenvalue weighted by atomic mass is 16.2. The molecule has 4 rings (SSSR count). The lowest BCUT2D eigenvalue weighted by molar-refractivity contribution is -0.121. The minimum atomic E-state index is -0.655. The first kappa shape index (κ1) is 19.7. The fraction of sp³-hybridized carbons (Fsp3) is 0.522. The molecule has 6 nitrogen and oxygen atoms in total. The Morgan fingerprint density at radius 2 is 2.03 bits per heavy atom. The van der Waals surface area contributed by atoms with Gasteiger partial charge in [0.2, 0.25) is 5.91 Å². The predicted octanol–water partition coefficient (Wildman–Crippen LogP) is 3.99. The van der Waals surface area contributed by atoms with Crippen molar-refractivity contribution < 1.29 is 9.59 Å². The number of anilines is 1. The van der Waals surface area contributed by atoms with Gasteiger partial charge >= 0.3 is 0 Å². The summed E-state index contributed by atoms with van der Waals surface area (Å²) in [6.45, 7) is 10.7. The summed E-state index contributed by atoms with van der Waals surface area (Å²) in [5.41, 5.74) is 3.60. The van der Waals surface area contributed by atoms with Gasteiger partial charge < -0.3 is 10.2 Å². The van der Waals surface area contributed by atoms with Crippen LogP contribution in [0.4, 0.5) is 5.69 Å². The summed E-state index contributed by atoms with van der Waals surface area (Å²) in [6.07, 6.45) is 2.36. The molecule has 2 atom stereocenters. The molecule has 0 saturated carbocycles. The van der Waals surface area contributed by atoms with E-state index in [2.05, 4.69) is 31.2 Å². The highest BCUT2D eigenvalue weighted by molar-refractivity contribution is 6.08. The van der Waals surface area contributed by atoms with Gasteiger partial charge in [0.15, 0.2) is 0 Å². The van der Waals surface area contributed by atoms with Gasteiger partial charge in [0.1, 0.15) is 0 Å². The molecule has 0 bridgehead atoms. The summed E-state index contributed by atoms with van der Waals surface area (Å²) in [5.74, 6) is 0.0261. The van der Waals surface area contributed by atoms with Crippen LogP contribution < -0.4 is 5.32 Å². The van der Waals surface area contributed by atoms with E-state index in [0.29, 0.717) is 18.5 Å². The second-order valence-electron chi connectivity index (χ2n) is 8.61. The first-order chi connectivity index (χ1) is 13.8. The van der Waals surface area contributed by atoms with Gasteiger partial charge in [-0.1, -0.05) is 31.5 Å². The Kier molecular flexibility index (Phi) is 4.75. The third-order valence-electron chi connectivity index (χ3n) is 6.60. The van der Waals surface area contributed by atoms with Crippen molar-refractivity contribution in [2.75, 3.05) is 11.9 Å². The molecule has 29 heavy (non-hydrogen) atoms. The van der Waals surface area contributed by atoms with E-state index >= 15 is 0 Å². The highest BCUT2D eigenvalue weighted by Gasteiger charge is 2.58. The summed E-state index contributed by atoms with van der Waals surface area (Å²) < 4.78 is 1.92. The average Bonchev–Trinajstić information content (AvgIpc) is 3.29. The zero-order valence-electron chi connectivity index (χ0n) is 18.0.